The average molecular weight is 647 g/mol. The van der Waals surface area contributed by atoms with Gasteiger partial charge in [0.25, 0.3) is 0 Å². The van der Waals surface area contributed by atoms with E-state index in [-0.39, 0.29) is 36.8 Å². The van der Waals surface area contributed by atoms with Crippen molar-refractivity contribution in [1.29, 1.82) is 0 Å². The van der Waals surface area contributed by atoms with Crippen LogP contribution in [0.4, 0.5) is 32.3 Å². The second kappa shape index (κ2) is 13.6. The summed E-state index contributed by atoms with van der Waals surface area (Å²) in [5, 5.41) is 18.6. The highest BCUT2D eigenvalue weighted by atomic mass is 32.2. The molecule has 1 heterocycles. The number of aliphatic hydroxyl groups excluding tert-OH is 1. The fraction of sp³-hybridized carbons (Fsp3) is 0.273. The third-order valence-corrected chi connectivity index (χ3v) is 9.19. The van der Waals surface area contributed by atoms with Gasteiger partial charge in [0.05, 0.1) is 34.0 Å². The van der Waals surface area contributed by atoms with Crippen molar-refractivity contribution in [1.82, 2.24) is 9.97 Å². The van der Waals surface area contributed by atoms with Gasteiger partial charge in [-0.15, -0.1) is 4.36 Å². The molecule has 0 radical (unpaired) electrons. The van der Waals surface area contributed by atoms with Crippen LogP contribution in [0, 0.1) is 5.82 Å². The molecule has 13 heteroatoms. The fourth-order valence-corrected chi connectivity index (χ4v) is 5.95. The summed E-state index contributed by atoms with van der Waals surface area (Å²) in [5.74, 6) is -0.304. The smallest absolute Gasteiger partial charge is 0.442 e. The largest absolute Gasteiger partial charge is 0.448 e. The zero-order valence-electron chi connectivity index (χ0n) is 25.6. The Kier molecular flexibility index (Phi) is 9.63. The Morgan fingerprint density at radius 1 is 1.11 bits per heavy atom. The summed E-state index contributed by atoms with van der Waals surface area (Å²) in [7, 11) is -3.01. The van der Waals surface area contributed by atoms with Gasteiger partial charge in [0.15, 0.2) is 0 Å². The van der Waals surface area contributed by atoms with Gasteiger partial charge in [-0.1, -0.05) is 36.4 Å². The van der Waals surface area contributed by atoms with Gasteiger partial charge < -0.3 is 25.8 Å². The van der Waals surface area contributed by atoms with Gasteiger partial charge in [0.2, 0.25) is 11.9 Å². The lowest BCUT2D eigenvalue weighted by Crippen LogP contribution is -2.28. The van der Waals surface area contributed by atoms with Crippen LogP contribution in [0.25, 0.3) is 11.1 Å². The van der Waals surface area contributed by atoms with E-state index >= 15 is 4.39 Å². The summed E-state index contributed by atoms with van der Waals surface area (Å²) in [6.07, 6.45) is 3.39. The minimum absolute atomic E-state index is 0.0721. The molecule has 1 aliphatic rings. The normalized spacial score (nSPS) is 15.2. The lowest BCUT2D eigenvalue weighted by Gasteiger charge is -2.18. The minimum atomic E-state index is -3.01. The fourth-order valence-electron chi connectivity index (χ4n) is 4.86. The molecule has 2 atom stereocenters. The minimum Gasteiger partial charge on any atom is -0.448 e. The standard InChI is InChI=1S/C33H35FN6O5S/c1-4-45-32(43)40-46(3,44)25-13-11-24(12-14-25)37-31-35-19-26(29(39-31)36-21(2)20-41)22-10-15-28(27(34)18-22)38-30(42)33(16-17-33)23-8-6-5-7-9-23/h5-15,18-19,21,41H,4,16-17,20H2,1-3H3,(H,38,42)(H2,35,36,37,39). The molecule has 0 aliphatic heterocycles. The zero-order valence-corrected chi connectivity index (χ0v) is 26.4. The number of rotatable bonds is 11. The van der Waals surface area contributed by atoms with Crippen LogP contribution >= 0.6 is 0 Å². The predicted molar refractivity (Wildman–Crippen MR) is 175 cm³/mol. The highest BCUT2D eigenvalue weighted by Gasteiger charge is 2.51. The Labute approximate surface area is 266 Å². The van der Waals surface area contributed by atoms with E-state index in [1.54, 1.807) is 44.2 Å². The summed E-state index contributed by atoms with van der Waals surface area (Å²) in [6, 6.07) is 20.0. The van der Waals surface area contributed by atoms with Crippen molar-refractivity contribution < 1.29 is 28.0 Å². The van der Waals surface area contributed by atoms with Crippen molar-refractivity contribution in [3.05, 3.63) is 90.4 Å². The second-order valence-corrected chi connectivity index (χ2v) is 13.3. The number of nitrogens with one attached hydrogen (secondary N) is 3. The van der Waals surface area contributed by atoms with Crippen LogP contribution in [0.15, 0.2) is 88.3 Å². The van der Waals surface area contributed by atoms with Crippen LogP contribution in [0.2, 0.25) is 0 Å². The van der Waals surface area contributed by atoms with Crippen molar-refractivity contribution in [3.8, 4) is 11.1 Å². The summed E-state index contributed by atoms with van der Waals surface area (Å²) < 4.78 is 36.7. The van der Waals surface area contributed by atoms with E-state index in [2.05, 4.69) is 30.3 Å². The first-order chi connectivity index (χ1) is 22.0. The number of aliphatic hydroxyl groups is 1. The maximum atomic E-state index is 15.4. The second-order valence-electron chi connectivity index (χ2n) is 11.0. The number of ether oxygens (including phenoxy) is 1. The molecule has 2 unspecified atom stereocenters. The number of hydrogen-bond donors (Lipinski definition) is 4. The molecule has 4 N–H and O–H groups in total. The third-order valence-electron chi connectivity index (χ3n) is 7.55. The zero-order chi connectivity index (χ0) is 32.9. The Morgan fingerprint density at radius 2 is 1.83 bits per heavy atom. The molecular formula is C33H35FN6O5S. The van der Waals surface area contributed by atoms with Crippen molar-refractivity contribution >= 4 is 44.9 Å². The molecule has 0 bridgehead atoms. The predicted octanol–water partition coefficient (Wildman–Crippen LogP) is 6.10. The number of aromatic nitrogens is 2. The van der Waals surface area contributed by atoms with Gasteiger partial charge in [-0.05, 0) is 74.2 Å². The van der Waals surface area contributed by atoms with Gasteiger partial charge >= 0.3 is 6.09 Å². The first kappa shape index (κ1) is 32.5. The van der Waals surface area contributed by atoms with Crippen LogP contribution in [0.1, 0.15) is 32.3 Å². The SMILES string of the molecule is CCOC(=O)N=S(C)(=O)c1ccc(Nc2ncc(-c3ccc(NC(=O)C4(c5ccccc5)CC4)c(F)c3)c(NC(C)CO)n2)cc1. The molecule has 46 heavy (non-hydrogen) atoms. The van der Waals surface area contributed by atoms with E-state index in [9.17, 15) is 18.9 Å². The van der Waals surface area contributed by atoms with Crippen LogP contribution in [-0.4, -0.2) is 56.8 Å². The first-order valence-electron chi connectivity index (χ1n) is 14.7. The highest BCUT2D eigenvalue weighted by Crippen LogP contribution is 2.49. The molecule has 0 spiro atoms. The maximum absolute atomic E-state index is 15.4. The lowest BCUT2D eigenvalue weighted by molar-refractivity contribution is -0.118. The molecule has 5 rings (SSSR count). The van der Waals surface area contributed by atoms with Crippen LogP contribution in [-0.2, 0) is 24.7 Å². The molecule has 1 saturated carbocycles. The highest BCUT2D eigenvalue weighted by molar-refractivity contribution is 7.93. The van der Waals surface area contributed by atoms with E-state index in [0.717, 1.165) is 5.56 Å². The number of hydrogen-bond acceptors (Lipinski definition) is 9. The molecule has 11 nitrogen and oxygen atoms in total. The summed E-state index contributed by atoms with van der Waals surface area (Å²) in [5.41, 5.74) is 1.85. The van der Waals surface area contributed by atoms with Gasteiger partial charge in [-0.3, -0.25) is 4.79 Å². The van der Waals surface area contributed by atoms with E-state index in [1.165, 1.54) is 24.6 Å². The van der Waals surface area contributed by atoms with E-state index in [0.29, 0.717) is 40.4 Å². The molecular weight excluding hydrogens is 611 g/mol. The number of halogens is 1. The van der Waals surface area contributed by atoms with Crippen LogP contribution in [0.3, 0.4) is 0 Å². The number of anilines is 4. The maximum Gasteiger partial charge on any atom is 0.442 e. The Morgan fingerprint density at radius 3 is 2.46 bits per heavy atom. The van der Waals surface area contributed by atoms with Crippen molar-refractivity contribution in [2.24, 2.45) is 4.36 Å². The van der Waals surface area contributed by atoms with Gasteiger partial charge in [-0.25, -0.2) is 18.4 Å². The first-order valence-corrected chi connectivity index (χ1v) is 16.6. The molecule has 240 valence electrons. The quantitative estimate of drug-likeness (QED) is 0.151. The Balaban J connectivity index is 1.36. The van der Waals surface area contributed by atoms with E-state index in [4.69, 9.17) is 4.74 Å². The molecule has 1 aromatic heterocycles. The Bertz CT molecular complexity index is 1860. The summed E-state index contributed by atoms with van der Waals surface area (Å²) >= 11 is 0. The number of amides is 2. The third kappa shape index (κ3) is 7.32. The summed E-state index contributed by atoms with van der Waals surface area (Å²) in [6.45, 7) is 3.35. The monoisotopic (exact) mass is 646 g/mol. The molecule has 1 aliphatic carbocycles. The van der Waals surface area contributed by atoms with E-state index in [1.807, 2.05) is 30.3 Å². The number of benzene rings is 3. The van der Waals surface area contributed by atoms with Crippen molar-refractivity contribution in [2.75, 3.05) is 35.4 Å². The number of carbonyl (C=O) groups is 2. The molecule has 1 fully saturated rings. The van der Waals surface area contributed by atoms with Gasteiger partial charge in [0.1, 0.15) is 11.6 Å². The number of nitrogens with zero attached hydrogens (tertiary/aromatic N) is 3. The lowest BCUT2D eigenvalue weighted by atomic mass is 9.95. The topological polar surface area (TPSA) is 155 Å². The Hall–Kier alpha value is -4.88. The molecule has 4 aromatic rings. The molecule has 2 amide bonds. The molecule has 3 aromatic carbocycles. The van der Waals surface area contributed by atoms with Crippen molar-refractivity contribution in [2.45, 2.75) is 43.0 Å². The average Bonchev–Trinajstić information content (AvgIpc) is 3.85. The van der Waals surface area contributed by atoms with Crippen molar-refractivity contribution in [3.63, 3.8) is 0 Å². The van der Waals surface area contributed by atoms with Crippen LogP contribution in [0.5, 0.6) is 0 Å². The molecule has 0 saturated heterocycles. The summed E-state index contributed by atoms with van der Waals surface area (Å²) in [4.78, 5) is 34.2. The van der Waals surface area contributed by atoms with E-state index < -0.39 is 27.1 Å². The van der Waals surface area contributed by atoms with Crippen LogP contribution < -0.4 is 16.0 Å². The van der Waals surface area contributed by atoms with Gasteiger partial charge in [0, 0.05) is 34.6 Å². The number of carbonyl (C=O) groups excluding carboxylic acids is 2. The van der Waals surface area contributed by atoms with Gasteiger partial charge in [-0.2, -0.15) is 4.98 Å².